The molecule has 0 radical (unpaired) electrons. The lowest BCUT2D eigenvalue weighted by Crippen LogP contribution is -2.09. The summed E-state index contributed by atoms with van der Waals surface area (Å²) >= 11 is 2.62. The molecule has 0 saturated heterocycles. The van der Waals surface area contributed by atoms with Crippen LogP contribution in [0.5, 0.6) is 0 Å². The van der Waals surface area contributed by atoms with Crippen LogP contribution in [0.25, 0.3) is 0 Å². The van der Waals surface area contributed by atoms with Crippen molar-refractivity contribution in [1.82, 2.24) is 0 Å². The van der Waals surface area contributed by atoms with E-state index in [9.17, 15) is 22.8 Å². The average molecular weight is 357 g/mol. The minimum atomic E-state index is -4.47. The summed E-state index contributed by atoms with van der Waals surface area (Å²) < 4.78 is 36.8. The molecule has 1 rings (SSSR count). The van der Waals surface area contributed by atoms with Gasteiger partial charge in [0.15, 0.2) is 0 Å². The molecule has 0 fully saturated rings. The average Bonchev–Trinajstić information content (AvgIpc) is 2.25. The van der Waals surface area contributed by atoms with Gasteiger partial charge in [0.2, 0.25) is 0 Å². The number of hydrogen-bond donors (Lipinski definition) is 1. The number of hydrogen-bond acceptors (Lipinski definition) is 3. The zero-order valence-electron chi connectivity index (χ0n) is 9.49. The minimum absolute atomic E-state index is 0.00856. The second-order valence-electron chi connectivity index (χ2n) is 3.58. The lowest BCUT2D eigenvalue weighted by atomic mass is 10.0. The van der Waals surface area contributed by atoms with E-state index in [4.69, 9.17) is 5.11 Å². The van der Waals surface area contributed by atoms with E-state index in [1.165, 1.54) is 6.92 Å². The first-order valence-electron chi connectivity index (χ1n) is 4.89. The maximum atomic E-state index is 12.3. The van der Waals surface area contributed by atoms with Gasteiger partial charge in [-0.1, -0.05) is 15.9 Å². The van der Waals surface area contributed by atoms with Gasteiger partial charge < -0.3 is 5.11 Å². The Bertz CT molecular complexity index is 516. The molecule has 1 N–H and O–H groups in total. The number of thioether (sulfide) groups is 1. The molecule has 8 heteroatoms. The Morgan fingerprint density at radius 2 is 1.95 bits per heavy atom. The van der Waals surface area contributed by atoms with Crippen LogP contribution in [0.3, 0.4) is 0 Å². The van der Waals surface area contributed by atoms with E-state index in [1.54, 1.807) is 0 Å². The predicted molar refractivity (Wildman–Crippen MR) is 67.7 cm³/mol. The summed E-state index contributed by atoms with van der Waals surface area (Å²) in [4.78, 5) is 21.1. The number of alkyl halides is 4. The largest absolute Gasteiger partial charge is 0.478 e. The molecule has 1 atom stereocenters. The van der Waals surface area contributed by atoms with Crippen LogP contribution in [-0.4, -0.2) is 22.4 Å². The van der Waals surface area contributed by atoms with Crippen molar-refractivity contribution in [1.29, 1.82) is 0 Å². The molecule has 3 nitrogen and oxygen atoms in total. The summed E-state index contributed by atoms with van der Waals surface area (Å²) in [6.45, 7) is 1.22. The molecule has 104 valence electrons. The lowest BCUT2D eigenvalue weighted by molar-refractivity contribution is -0.116. The fourth-order valence-corrected chi connectivity index (χ4v) is 2.33. The van der Waals surface area contributed by atoms with Gasteiger partial charge in [0.1, 0.15) is 5.78 Å². The van der Waals surface area contributed by atoms with E-state index >= 15 is 0 Å². The van der Waals surface area contributed by atoms with Crippen LogP contribution in [0.15, 0.2) is 23.1 Å². The Morgan fingerprint density at radius 1 is 1.37 bits per heavy atom. The highest BCUT2D eigenvalue weighted by Gasteiger charge is 2.30. The number of carboxylic acids is 1. The van der Waals surface area contributed by atoms with Gasteiger partial charge in [-0.15, -0.1) is 0 Å². The van der Waals surface area contributed by atoms with E-state index in [-0.39, 0.29) is 27.8 Å². The number of rotatable bonds is 4. The van der Waals surface area contributed by atoms with Crippen LogP contribution in [-0.2, 0) is 4.79 Å². The number of aromatic carboxylic acids is 1. The van der Waals surface area contributed by atoms with Gasteiger partial charge in [-0.3, -0.25) is 4.79 Å². The van der Waals surface area contributed by atoms with Crippen molar-refractivity contribution >= 4 is 39.4 Å². The molecular formula is C11H8BrF3O3S. The smallest absolute Gasteiger partial charge is 0.446 e. The Kier molecular flexibility index (Phi) is 5.03. The number of carbonyl (C=O) groups is 2. The summed E-state index contributed by atoms with van der Waals surface area (Å²) in [5.41, 5.74) is -4.67. The second kappa shape index (κ2) is 5.96. The van der Waals surface area contributed by atoms with E-state index < -0.39 is 22.1 Å². The molecule has 0 amide bonds. The number of benzene rings is 1. The van der Waals surface area contributed by atoms with Gasteiger partial charge in [-0.05, 0) is 42.4 Å². The summed E-state index contributed by atoms with van der Waals surface area (Å²) in [5, 5.41) is 8.96. The molecule has 1 unspecified atom stereocenters. The van der Waals surface area contributed by atoms with Crippen LogP contribution in [0.2, 0.25) is 0 Å². The molecular weight excluding hydrogens is 349 g/mol. The lowest BCUT2D eigenvalue weighted by Gasteiger charge is -2.13. The van der Waals surface area contributed by atoms with Crippen LogP contribution in [0, 0.1) is 0 Å². The normalized spacial score (nSPS) is 13.1. The third-order valence-corrected chi connectivity index (χ3v) is 3.98. The van der Waals surface area contributed by atoms with Gasteiger partial charge in [-0.2, -0.15) is 13.2 Å². The number of carbonyl (C=O) groups excluding carboxylic acids is 1. The monoisotopic (exact) mass is 356 g/mol. The van der Waals surface area contributed by atoms with Gasteiger partial charge in [0, 0.05) is 4.90 Å². The second-order valence-corrected chi connectivity index (χ2v) is 5.63. The number of halogens is 4. The molecule has 1 aromatic rings. The molecule has 0 heterocycles. The first-order valence-corrected chi connectivity index (χ1v) is 6.62. The van der Waals surface area contributed by atoms with E-state index in [1.807, 2.05) is 0 Å². The van der Waals surface area contributed by atoms with Crippen molar-refractivity contribution in [2.24, 2.45) is 0 Å². The molecule has 0 aliphatic carbocycles. The minimum Gasteiger partial charge on any atom is -0.478 e. The van der Waals surface area contributed by atoms with Crippen molar-refractivity contribution in [2.45, 2.75) is 22.2 Å². The highest BCUT2D eigenvalue weighted by molar-refractivity contribution is 9.09. The Hall–Kier alpha value is -1.02. The van der Waals surface area contributed by atoms with Gasteiger partial charge in [-0.25, -0.2) is 4.79 Å². The van der Waals surface area contributed by atoms with Crippen LogP contribution < -0.4 is 0 Å². The standard InChI is InChI=1S/C11H8BrF3O3S/c1-5(16)9(12)8-4-6(19-11(13,14)15)2-3-7(8)10(17)18/h2-4,9H,1H3,(H,17,18). The van der Waals surface area contributed by atoms with Crippen molar-refractivity contribution in [2.75, 3.05) is 0 Å². The van der Waals surface area contributed by atoms with Crippen molar-refractivity contribution in [3.8, 4) is 0 Å². The molecule has 19 heavy (non-hydrogen) atoms. The number of Topliss-reactive ketones (excluding diaryl/α,β-unsaturated/α-hetero) is 1. The summed E-state index contributed by atoms with van der Waals surface area (Å²) in [6, 6.07) is 3.18. The zero-order valence-corrected chi connectivity index (χ0v) is 11.9. The summed E-state index contributed by atoms with van der Waals surface area (Å²) in [7, 11) is 0. The molecule has 0 bridgehead atoms. The SMILES string of the molecule is CC(=O)C(Br)c1cc(SC(F)(F)F)ccc1C(=O)O. The fourth-order valence-electron chi connectivity index (χ4n) is 1.36. The first-order chi connectivity index (χ1) is 8.61. The Labute approximate surface area is 119 Å². The topological polar surface area (TPSA) is 54.4 Å². The zero-order chi connectivity index (χ0) is 14.8. The molecule has 0 aromatic heterocycles. The predicted octanol–water partition coefficient (Wildman–Crippen LogP) is 4.02. The molecule has 1 aromatic carbocycles. The van der Waals surface area contributed by atoms with Gasteiger partial charge in [0.25, 0.3) is 0 Å². The molecule has 0 saturated carbocycles. The molecule has 0 spiro atoms. The van der Waals surface area contributed by atoms with Crippen LogP contribution in [0.4, 0.5) is 13.2 Å². The maximum absolute atomic E-state index is 12.3. The van der Waals surface area contributed by atoms with Crippen LogP contribution in [0.1, 0.15) is 27.7 Å². The van der Waals surface area contributed by atoms with Crippen molar-refractivity contribution < 1.29 is 27.9 Å². The Morgan fingerprint density at radius 3 is 2.37 bits per heavy atom. The molecule has 0 aliphatic heterocycles. The maximum Gasteiger partial charge on any atom is 0.446 e. The number of ketones is 1. The highest BCUT2D eigenvalue weighted by atomic mass is 79.9. The van der Waals surface area contributed by atoms with E-state index in [0.717, 1.165) is 18.2 Å². The van der Waals surface area contributed by atoms with Crippen molar-refractivity contribution in [3.05, 3.63) is 29.3 Å². The summed E-state index contributed by atoms with van der Waals surface area (Å²) in [5.74, 6) is -1.69. The highest BCUT2D eigenvalue weighted by Crippen LogP contribution is 2.39. The quantitative estimate of drug-likeness (QED) is 0.653. The van der Waals surface area contributed by atoms with Crippen LogP contribution >= 0.6 is 27.7 Å². The van der Waals surface area contributed by atoms with Crippen molar-refractivity contribution in [3.63, 3.8) is 0 Å². The molecule has 0 aliphatic rings. The summed E-state index contributed by atoms with van der Waals surface area (Å²) in [6.07, 6.45) is 0. The van der Waals surface area contributed by atoms with Gasteiger partial charge >= 0.3 is 11.5 Å². The van der Waals surface area contributed by atoms with Gasteiger partial charge in [0.05, 0.1) is 10.4 Å². The third kappa shape index (κ3) is 4.54. The Balaban J connectivity index is 3.26. The van der Waals surface area contributed by atoms with E-state index in [0.29, 0.717) is 0 Å². The third-order valence-electron chi connectivity index (χ3n) is 2.12. The fraction of sp³-hybridized carbons (Fsp3) is 0.273. The van der Waals surface area contributed by atoms with E-state index in [2.05, 4.69) is 15.9 Å². The number of carboxylic acid groups (broad SMARTS) is 1. The first kappa shape index (κ1) is 16.0.